The minimum Gasteiger partial charge on any atom is -0.362 e. The molecule has 0 saturated heterocycles. The molecule has 0 amide bonds. The van der Waals surface area contributed by atoms with Gasteiger partial charge in [-0.15, -0.1) is 0 Å². The number of rotatable bonds is 3. The van der Waals surface area contributed by atoms with Crippen molar-refractivity contribution in [2.75, 3.05) is 11.1 Å². The van der Waals surface area contributed by atoms with E-state index in [-0.39, 0.29) is 11.8 Å². The number of aromatic nitrogens is 5. The first-order chi connectivity index (χ1) is 11.5. The van der Waals surface area contributed by atoms with Gasteiger partial charge in [-0.1, -0.05) is 0 Å². The van der Waals surface area contributed by atoms with Crippen LogP contribution in [0.15, 0.2) is 42.2 Å². The van der Waals surface area contributed by atoms with E-state index in [2.05, 4.69) is 25.4 Å². The quantitative estimate of drug-likeness (QED) is 0.761. The van der Waals surface area contributed by atoms with Crippen molar-refractivity contribution in [2.24, 2.45) is 7.05 Å². The Morgan fingerprint density at radius 2 is 2.17 bits per heavy atom. The maximum atomic E-state index is 11.6. The van der Waals surface area contributed by atoms with Gasteiger partial charge in [0.2, 0.25) is 0 Å². The molecular formula is C15H14N6O2S. The summed E-state index contributed by atoms with van der Waals surface area (Å²) in [5.41, 5.74) is 1.44. The Labute approximate surface area is 138 Å². The van der Waals surface area contributed by atoms with Crippen molar-refractivity contribution in [1.82, 2.24) is 24.7 Å². The van der Waals surface area contributed by atoms with E-state index in [1.165, 1.54) is 5.41 Å². The number of sulfone groups is 1. The summed E-state index contributed by atoms with van der Waals surface area (Å²) in [5.74, 6) is 1.08. The van der Waals surface area contributed by atoms with E-state index < -0.39 is 9.84 Å². The van der Waals surface area contributed by atoms with Gasteiger partial charge < -0.3 is 5.32 Å². The fourth-order valence-corrected chi connectivity index (χ4v) is 3.83. The van der Waals surface area contributed by atoms with Crippen LogP contribution in [0.5, 0.6) is 0 Å². The lowest BCUT2D eigenvalue weighted by molar-refractivity contribution is 0.605. The van der Waals surface area contributed by atoms with Gasteiger partial charge in [0.25, 0.3) is 0 Å². The van der Waals surface area contributed by atoms with E-state index >= 15 is 0 Å². The number of fused-ring (bicyclic) bond motifs is 1. The molecule has 0 aromatic carbocycles. The summed E-state index contributed by atoms with van der Waals surface area (Å²) in [6.45, 7) is 0. The second-order valence-electron chi connectivity index (χ2n) is 5.55. The standard InChI is InChI=1S/C15H14N6O2S/c1-21-15-12(8-17-21)14(18-11-4-6-24(22,23)9-11)19-13(20-15)10-3-2-5-16-7-10/h2-8,11H,9H2,1H3,(H,18,19,20)/t11-/m1/s1. The lowest BCUT2D eigenvalue weighted by Crippen LogP contribution is -2.22. The van der Waals surface area contributed by atoms with Crippen LogP contribution in [0, 0.1) is 0 Å². The average molecular weight is 342 g/mol. The van der Waals surface area contributed by atoms with Crippen LogP contribution in [0.2, 0.25) is 0 Å². The molecule has 0 bridgehead atoms. The Balaban J connectivity index is 1.80. The minimum absolute atomic E-state index is 0.0149. The zero-order valence-corrected chi connectivity index (χ0v) is 13.6. The van der Waals surface area contributed by atoms with Crippen molar-refractivity contribution in [3.05, 3.63) is 42.2 Å². The monoisotopic (exact) mass is 342 g/mol. The van der Waals surface area contributed by atoms with Crippen molar-refractivity contribution < 1.29 is 8.42 Å². The first-order valence-corrected chi connectivity index (χ1v) is 9.01. The fourth-order valence-electron chi connectivity index (χ4n) is 2.60. The second-order valence-corrected chi connectivity index (χ2v) is 7.48. The van der Waals surface area contributed by atoms with Crippen LogP contribution in [0.4, 0.5) is 5.82 Å². The Morgan fingerprint density at radius 1 is 1.29 bits per heavy atom. The molecule has 1 aliphatic rings. The van der Waals surface area contributed by atoms with Crippen LogP contribution < -0.4 is 5.32 Å². The predicted octanol–water partition coefficient (Wildman–Crippen LogP) is 1.15. The SMILES string of the molecule is Cn1ncc2c(N[C@@H]3C=CS(=O)(=O)C3)nc(-c3cccnc3)nc21. The van der Waals surface area contributed by atoms with Crippen molar-refractivity contribution in [1.29, 1.82) is 0 Å². The number of anilines is 1. The average Bonchev–Trinajstić information content (AvgIpc) is 3.11. The fraction of sp³-hybridized carbons (Fsp3) is 0.200. The van der Waals surface area contributed by atoms with Crippen molar-refractivity contribution >= 4 is 26.7 Å². The minimum atomic E-state index is -3.14. The molecule has 0 aliphatic carbocycles. The highest BCUT2D eigenvalue weighted by Gasteiger charge is 2.23. The topological polar surface area (TPSA) is 103 Å². The molecule has 9 heteroatoms. The first kappa shape index (κ1) is 14.8. The molecule has 3 aromatic heterocycles. The largest absolute Gasteiger partial charge is 0.362 e. The van der Waals surface area contributed by atoms with Gasteiger partial charge in [-0.2, -0.15) is 5.10 Å². The second kappa shape index (κ2) is 5.38. The third-order valence-corrected chi connectivity index (χ3v) is 5.16. The molecule has 4 rings (SSSR count). The molecule has 1 aliphatic heterocycles. The lowest BCUT2D eigenvalue weighted by atomic mass is 10.2. The van der Waals surface area contributed by atoms with Crippen LogP contribution in [-0.2, 0) is 16.9 Å². The lowest BCUT2D eigenvalue weighted by Gasteiger charge is -2.12. The summed E-state index contributed by atoms with van der Waals surface area (Å²) in [6, 6.07) is 3.36. The van der Waals surface area contributed by atoms with E-state index in [1.54, 1.807) is 36.4 Å². The van der Waals surface area contributed by atoms with Gasteiger partial charge in [-0.05, 0) is 18.2 Å². The number of hydrogen-bond donors (Lipinski definition) is 1. The Hall–Kier alpha value is -2.81. The maximum Gasteiger partial charge on any atom is 0.173 e. The molecule has 0 spiro atoms. The van der Waals surface area contributed by atoms with Crippen molar-refractivity contribution in [3.63, 3.8) is 0 Å². The highest BCUT2D eigenvalue weighted by Crippen LogP contribution is 2.25. The third kappa shape index (κ3) is 2.62. The molecular weight excluding hydrogens is 328 g/mol. The molecule has 4 heterocycles. The molecule has 0 radical (unpaired) electrons. The van der Waals surface area contributed by atoms with Gasteiger partial charge in [0.1, 0.15) is 5.82 Å². The zero-order valence-electron chi connectivity index (χ0n) is 12.8. The van der Waals surface area contributed by atoms with Gasteiger partial charge in [-0.25, -0.2) is 18.4 Å². The summed E-state index contributed by atoms with van der Waals surface area (Å²) in [6.07, 6.45) is 6.65. The summed E-state index contributed by atoms with van der Waals surface area (Å²) in [7, 11) is -1.35. The van der Waals surface area contributed by atoms with Crippen molar-refractivity contribution in [2.45, 2.75) is 6.04 Å². The molecule has 1 atom stereocenters. The number of hydrogen-bond acceptors (Lipinski definition) is 7. The van der Waals surface area contributed by atoms with Crippen LogP contribution in [0.25, 0.3) is 22.4 Å². The molecule has 0 unspecified atom stereocenters. The Bertz CT molecular complexity index is 1040. The number of nitrogens with one attached hydrogen (secondary N) is 1. The Morgan fingerprint density at radius 3 is 2.88 bits per heavy atom. The van der Waals surface area contributed by atoms with Gasteiger partial charge >= 0.3 is 0 Å². The van der Waals surface area contributed by atoms with Crippen LogP contribution in [0.1, 0.15) is 0 Å². The van der Waals surface area contributed by atoms with E-state index in [4.69, 9.17) is 0 Å². The summed E-state index contributed by atoms with van der Waals surface area (Å²) < 4.78 is 24.9. The van der Waals surface area contributed by atoms with Gasteiger partial charge in [0.05, 0.1) is 23.4 Å². The number of nitrogens with zero attached hydrogens (tertiary/aromatic N) is 5. The van der Waals surface area contributed by atoms with Crippen LogP contribution in [-0.4, -0.2) is 44.9 Å². The van der Waals surface area contributed by atoms with Crippen LogP contribution >= 0.6 is 0 Å². The third-order valence-electron chi connectivity index (χ3n) is 3.76. The molecule has 3 aromatic rings. The highest BCUT2D eigenvalue weighted by atomic mass is 32.2. The van der Waals surface area contributed by atoms with E-state index in [9.17, 15) is 8.42 Å². The summed E-state index contributed by atoms with van der Waals surface area (Å²) in [5, 5.41) is 9.36. The molecule has 1 N–H and O–H groups in total. The Kier molecular flexibility index (Phi) is 3.31. The van der Waals surface area contributed by atoms with Crippen molar-refractivity contribution in [3.8, 4) is 11.4 Å². The van der Waals surface area contributed by atoms with Gasteiger partial charge in [0, 0.05) is 30.4 Å². The smallest absolute Gasteiger partial charge is 0.173 e. The van der Waals surface area contributed by atoms with E-state index in [0.29, 0.717) is 17.3 Å². The van der Waals surface area contributed by atoms with Gasteiger partial charge in [0.15, 0.2) is 21.3 Å². The maximum absolute atomic E-state index is 11.6. The molecule has 8 nitrogen and oxygen atoms in total. The number of aryl methyl sites for hydroxylation is 1. The molecule has 0 fully saturated rings. The highest BCUT2D eigenvalue weighted by molar-refractivity contribution is 7.94. The molecule has 24 heavy (non-hydrogen) atoms. The summed E-state index contributed by atoms with van der Waals surface area (Å²) in [4.78, 5) is 13.2. The summed E-state index contributed by atoms with van der Waals surface area (Å²) >= 11 is 0. The van der Waals surface area contributed by atoms with E-state index in [1.807, 2.05) is 12.1 Å². The van der Waals surface area contributed by atoms with E-state index in [0.717, 1.165) is 10.9 Å². The van der Waals surface area contributed by atoms with Gasteiger partial charge in [-0.3, -0.25) is 9.67 Å². The van der Waals surface area contributed by atoms with Crippen LogP contribution in [0.3, 0.4) is 0 Å². The first-order valence-electron chi connectivity index (χ1n) is 7.29. The zero-order chi connectivity index (χ0) is 16.7. The number of pyridine rings is 1. The predicted molar refractivity (Wildman–Crippen MR) is 89.9 cm³/mol. The molecule has 0 saturated carbocycles. The normalized spacial score (nSPS) is 19.0. The molecule has 122 valence electrons.